The van der Waals surface area contributed by atoms with Gasteiger partial charge in [-0.2, -0.15) is 5.10 Å². The molecule has 1 amide bonds. The maximum atomic E-state index is 13.0. The van der Waals surface area contributed by atoms with Crippen molar-refractivity contribution in [3.05, 3.63) is 70.4 Å². The van der Waals surface area contributed by atoms with E-state index in [0.29, 0.717) is 28.2 Å². The van der Waals surface area contributed by atoms with Crippen LogP contribution >= 0.6 is 0 Å². The van der Waals surface area contributed by atoms with Crippen LogP contribution in [0.3, 0.4) is 0 Å². The number of ether oxygens (including phenoxy) is 2. The monoisotopic (exact) mass is 433 g/mol. The van der Waals surface area contributed by atoms with Crippen LogP contribution < -0.4 is 20.3 Å². The number of benzene rings is 2. The van der Waals surface area contributed by atoms with Gasteiger partial charge < -0.3 is 14.8 Å². The third kappa shape index (κ3) is 3.92. The van der Waals surface area contributed by atoms with Gasteiger partial charge in [0, 0.05) is 6.07 Å². The topological polar surface area (TPSA) is 100 Å². The zero-order chi connectivity index (χ0) is 22.8. The fourth-order valence-corrected chi connectivity index (χ4v) is 3.54. The normalized spacial score (nSPS) is 10.9. The first-order valence-corrected chi connectivity index (χ1v) is 9.94. The molecule has 9 nitrogen and oxygen atoms in total. The highest BCUT2D eigenvalue weighted by molar-refractivity contribution is 5.92. The Kier molecular flexibility index (Phi) is 5.63. The summed E-state index contributed by atoms with van der Waals surface area (Å²) in [5.41, 5.74) is 3.54. The third-order valence-electron chi connectivity index (χ3n) is 5.13. The molecule has 0 aliphatic carbocycles. The molecule has 0 aliphatic heterocycles. The lowest BCUT2D eigenvalue weighted by molar-refractivity contribution is -0.116. The van der Waals surface area contributed by atoms with Gasteiger partial charge in [-0.15, -0.1) is 0 Å². The van der Waals surface area contributed by atoms with E-state index in [1.54, 1.807) is 22.9 Å². The van der Waals surface area contributed by atoms with E-state index in [2.05, 4.69) is 15.4 Å². The van der Waals surface area contributed by atoms with Crippen molar-refractivity contribution in [2.45, 2.75) is 20.4 Å². The maximum Gasteiger partial charge on any atom is 0.264 e. The summed E-state index contributed by atoms with van der Waals surface area (Å²) in [7, 11) is 3.04. The van der Waals surface area contributed by atoms with E-state index in [9.17, 15) is 9.59 Å². The molecule has 1 N–H and O–H groups in total. The fraction of sp³-hybridized carbons (Fsp3) is 0.217. The van der Waals surface area contributed by atoms with Gasteiger partial charge in [0.1, 0.15) is 29.8 Å². The third-order valence-corrected chi connectivity index (χ3v) is 5.13. The Hall–Kier alpha value is -4.14. The van der Waals surface area contributed by atoms with E-state index in [1.807, 2.05) is 32.0 Å². The van der Waals surface area contributed by atoms with Crippen molar-refractivity contribution in [1.82, 2.24) is 19.3 Å². The van der Waals surface area contributed by atoms with E-state index >= 15 is 0 Å². The van der Waals surface area contributed by atoms with Crippen LogP contribution in [-0.2, 0) is 11.3 Å². The van der Waals surface area contributed by atoms with Gasteiger partial charge in [0.25, 0.3) is 5.56 Å². The number of anilines is 1. The number of nitrogens with one attached hydrogen (secondary N) is 1. The Morgan fingerprint density at radius 3 is 2.62 bits per heavy atom. The van der Waals surface area contributed by atoms with Crippen LogP contribution in [0.2, 0.25) is 0 Å². The van der Waals surface area contributed by atoms with Gasteiger partial charge in [0.2, 0.25) is 5.91 Å². The number of hydrogen-bond donors (Lipinski definition) is 1. The lowest BCUT2D eigenvalue weighted by Crippen LogP contribution is -2.28. The van der Waals surface area contributed by atoms with Crippen molar-refractivity contribution in [3.8, 4) is 17.2 Å². The summed E-state index contributed by atoms with van der Waals surface area (Å²) in [5, 5.41) is 7.44. The van der Waals surface area contributed by atoms with Crippen LogP contribution in [0.25, 0.3) is 16.7 Å². The molecule has 164 valence electrons. The van der Waals surface area contributed by atoms with Crippen LogP contribution in [0.5, 0.6) is 11.5 Å². The maximum absolute atomic E-state index is 13.0. The summed E-state index contributed by atoms with van der Waals surface area (Å²) >= 11 is 0. The standard InChI is InChI=1S/C23H23N5O4/c1-14-5-7-19(15(2)9-14)28-22-17(11-25-28)23(30)27(13-24-22)12-21(29)26-18-10-16(31-3)6-8-20(18)32-4/h5-11,13H,12H2,1-4H3,(H,26,29). The highest BCUT2D eigenvalue weighted by Crippen LogP contribution is 2.28. The predicted molar refractivity (Wildman–Crippen MR) is 121 cm³/mol. The van der Waals surface area contributed by atoms with Crippen molar-refractivity contribution < 1.29 is 14.3 Å². The Labute approximate surface area is 184 Å². The molecule has 0 fully saturated rings. The molecule has 9 heteroatoms. The van der Waals surface area contributed by atoms with Crippen molar-refractivity contribution in [2.75, 3.05) is 19.5 Å². The van der Waals surface area contributed by atoms with E-state index in [1.165, 1.54) is 31.3 Å². The minimum Gasteiger partial charge on any atom is -0.497 e. The van der Waals surface area contributed by atoms with Crippen molar-refractivity contribution in [2.24, 2.45) is 0 Å². The molecule has 2 aromatic carbocycles. The number of aryl methyl sites for hydroxylation is 2. The van der Waals surface area contributed by atoms with Gasteiger partial charge in [-0.05, 0) is 37.6 Å². The first-order chi connectivity index (χ1) is 15.4. The van der Waals surface area contributed by atoms with E-state index < -0.39 is 5.91 Å². The van der Waals surface area contributed by atoms with Gasteiger partial charge in [0.15, 0.2) is 5.65 Å². The molecule has 0 saturated carbocycles. The smallest absolute Gasteiger partial charge is 0.264 e. The number of nitrogens with zero attached hydrogens (tertiary/aromatic N) is 4. The molecule has 0 bridgehead atoms. The molecular formula is C23H23N5O4. The van der Waals surface area contributed by atoms with Gasteiger partial charge in [-0.1, -0.05) is 17.7 Å². The molecule has 4 aromatic rings. The van der Waals surface area contributed by atoms with Crippen LogP contribution in [0, 0.1) is 13.8 Å². The number of carbonyl (C=O) groups is 1. The zero-order valence-corrected chi connectivity index (χ0v) is 18.2. The lowest BCUT2D eigenvalue weighted by Gasteiger charge is -2.12. The van der Waals surface area contributed by atoms with E-state index in [-0.39, 0.29) is 12.1 Å². The highest BCUT2D eigenvalue weighted by Gasteiger charge is 2.15. The number of rotatable bonds is 6. The van der Waals surface area contributed by atoms with E-state index in [4.69, 9.17) is 9.47 Å². The molecule has 0 atom stereocenters. The van der Waals surface area contributed by atoms with Crippen LogP contribution in [-0.4, -0.2) is 39.5 Å². The highest BCUT2D eigenvalue weighted by atomic mass is 16.5. The van der Waals surface area contributed by atoms with Gasteiger partial charge in [0.05, 0.1) is 31.8 Å². The second kappa shape index (κ2) is 8.54. The van der Waals surface area contributed by atoms with Gasteiger partial charge in [-0.3, -0.25) is 14.2 Å². The summed E-state index contributed by atoms with van der Waals surface area (Å²) in [5.74, 6) is 0.650. The summed E-state index contributed by atoms with van der Waals surface area (Å²) in [6.45, 7) is 3.78. The largest absolute Gasteiger partial charge is 0.497 e. The molecule has 2 heterocycles. The van der Waals surface area contributed by atoms with Crippen molar-refractivity contribution >= 4 is 22.6 Å². The number of amides is 1. The molecule has 0 aliphatic rings. The molecular weight excluding hydrogens is 410 g/mol. The Morgan fingerprint density at radius 1 is 1.09 bits per heavy atom. The SMILES string of the molecule is COc1ccc(OC)c(NC(=O)Cn2cnc3c(cnn3-c3ccc(C)cc3C)c2=O)c1. The van der Waals surface area contributed by atoms with Crippen LogP contribution in [0.4, 0.5) is 5.69 Å². The predicted octanol–water partition coefficient (Wildman–Crippen LogP) is 2.85. The van der Waals surface area contributed by atoms with Crippen LogP contribution in [0.1, 0.15) is 11.1 Å². The molecule has 2 aromatic heterocycles. The summed E-state index contributed by atoms with van der Waals surface area (Å²) in [4.78, 5) is 30.0. The number of carbonyl (C=O) groups excluding carboxylic acids is 1. The number of fused-ring (bicyclic) bond motifs is 1. The minimum absolute atomic E-state index is 0.211. The summed E-state index contributed by atoms with van der Waals surface area (Å²) in [6, 6.07) is 11.0. The molecule has 0 unspecified atom stereocenters. The number of methoxy groups -OCH3 is 2. The second-order valence-corrected chi connectivity index (χ2v) is 7.38. The molecule has 0 radical (unpaired) electrons. The first-order valence-electron chi connectivity index (χ1n) is 9.94. The second-order valence-electron chi connectivity index (χ2n) is 7.38. The van der Waals surface area contributed by atoms with Crippen LogP contribution in [0.15, 0.2) is 53.7 Å². The fourth-order valence-electron chi connectivity index (χ4n) is 3.54. The van der Waals surface area contributed by atoms with E-state index in [0.717, 1.165) is 16.8 Å². The Morgan fingerprint density at radius 2 is 1.91 bits per heavy atom. The number of aromatic nitrogens is 4. The number of hydrogen-bond acceptors (Lipinski definition) is 6. The Bertz CT molecular complexity index is 1370. The minimum atomic E-state index is -0.401. The first kappa shape index (κ1) is 21.1. The molecule has 4 rings (SSSR count). The van der Waals surface area contributed by atoms with Gasteiger partial charge >= 0.3 is 0 Å². The van der Waals surface area contributed by atoms with Gasteiger partial charge in [-0.25, -0.2) is 9.67 Å². The zero-order valence-electron chi connectivity index (χ0n) is 18.2. The quantitative estimate of drug-likeness (QED) is 0.502. The van der Waals surface area contributed by atoms with Crippen molar-refractivity contribution in [3.63, 3.8) is 0 Å². The molecule has 0 spiro atoms. The molecule has 0 saturated heterocycles. The summed E-state index contributed by atoms with van der Waals surface area (Å²) in [6.07, 6.45) is 2.83. The van der Waals surface area contributed by atoms with Crippen molar-refractivity contribution in [1.29, 1.82) is 0 Å². The molecule has 32 heavy (non-hydrogen) atoms. The lowest BCUT2D eigenvalue weighted by atomic mass is 10.1. The average molecular weight is 433 g/mol. The Balaban J connectivity index is 1.62. The summed E-state index contributed by atoms with van der Waals surface area (Å²) < 4.78 is 13.4. The average Bonchev–Trinajstić information content (AvgIpc) is 3.20.